The summed E-state index contributed by atoms with van der Waals surface area (Å²) < 4.78 is 33.2. The second kappa shape index (κ2) is 11.2. The number of ketones is 1. The average molecular weight is 462 g/mol. The molecular weight excluding hydrogens is 426 g/mol. The number of carbonyl (C=O) groups is 1. The third kappa shape index (κ3) is 5.86. The molecule has 0 amide bonds. The molecule has 1 aliphatic rings. The molecule has 7 nitrogen and oxygen atoms in total. The number of rotatable bonds is 11. The first kappa shape index (κ1) is 24.6. The van der Waals surface area contributed by atoms with Crippen molar-refractivity contribution in [1.82, 2.24) is 14.5 Å². The fourth-order valence-corrected chi connectivity index (χ4v) is 5.70. The van der Waals surface area contributed by atoms with Gasteiger partial charge in [-0.25, -0.2) is 8.42 Å². The van der Waals surface area contributed by atoms with E-state index in [1.807, 2.05) is 12.1 Å². The Balaban J connectivity index is 1.64. The molecular formula is C24H35N3O4S. The Morgan fingerprint density at radius 2 is 1.91 bits per heavy atom. The van der Waals surface area contributed by atoms with Crippen molar-refractivity contribution in [2.45, 2.75) is 44.6 Å². The highest BCUT2D eigenvalue weighted by Crippen LogP contribution is 2.24. The molecule has 0 aliphatic carbocycles. The van der Waals surface area contributed by atoms with E-state index < -0.39 is 10.0 Å². The quantitative estimate of drug-likeness (QED) is 0.515. The Morgan fingerprint density at radius 3 is 2.53 bits per heavy atom. The second-order valence-corrected chi connectivity index (χ2v) is 10.4. The van der Waals surface area contributed by atoms with Crippen molar-refractivity contribution in [3.05, 3.63) is 54.0 Å². The van der Waals surface area contributed by atoms with Gasteiger partial charge >= 0.3 is 0 Å². The number of Topliss-reactive ketones (excluding diaryl/α,β-unsaturated/α-hetero) is 1. The summed E-state index contributed by atoms with van der Waals surface area (Å²) in [5, 5.41) is 3.24. The van der Waals surface area contributed by atoms with Gasteiger partial charge in [-0.15, -0.1) is 0 Å². The predicted molar refractivity (Wildman–Crippen MR) is 125 cm³/mol. The summed E-state index contributed by atoms with van der Waals surface area (Å²) in [4.78, 5) is 15.3. The summed E-state index contributed by atoms with van der Waals surface area (Å²) in [6.07, 6.45) is 3.39. The van der Waals surface area contributed by atoms with Crippen LogP contribution in [0.1, 0.15) is 55.8 Å². The highest BCUT2D eigenvalue weighted by molar-refractivity contribution is 7.89. The van der Waals surface area contributed by atoms with Crippen molar-refractivity contribution in [2.75, 3.05) is 39.3 Å². The highest BCUT2D eigenvalue weighted by Gasteiger charge is 2.28. The number of furan rings is 1. The summed E-state index contributed by atoms with van der Waals surface area (Å²) in [5.74, 6) is 1.27. The van der Waals surface area contributed by atoms with Gasteiger partial charge in [-0.2, -0.15) is 4.31 Å². The third-order valence-corrected chi connectivity index (χ3v) is 8.18. The number of nitrogens with one attached hydrogen (secondary N) is 1. The lowest BCUT2D eigenvalue weighted by Gasteiger charge is -2.29. The topological polar surface area (TPSA) is 82.9 Å². The smallest absolute Gasteiger partial charge is 0.243 e. The molecule has 2 heterocycles. The molecule has 0 radical (unpaired) electrons. The first-order chi connectivity index (χ1) is 15.4. The van der Waals surface area contributed by atoms with Crippen LogP contribution in [0.3, 0.4) is 0 Å². The van der Waals surface area contributed by atoms with Crippen LogP contribution in [0.4, 0.5) is 0 Å². The van der Waals surface area contributed by atoms with Crippen LogP contribution in [-0.2, 0) is 10.0 Å². The zero-order valence-electron chi connectivity index (χ0n) is 19.3. The summed E-state index contributed by atoms with van der Waals surface area (Å²) >= 11 is 0. The lowest BCUT2D eigenvalue weighted by Crippen LogP contribution is -2.38. The van der Waals surface area contributed by atoms with Gasteiger partial charge in [-0.1, -0.05) is 32.9 Å². The Bertz CT molecular complexity index is 963. The molecule has 1 saturated heterocycles. The Labute approximate surface area is 191 Å². The molecule has 1 atom stereocenters. The lowest BCUT2D eigenvalue weighted by molar-refractivity contribution is 0.0985. The van der Waals surface area contributed by atoms with E-state index in [0.29, 0.717) is 31.1 Å². The zero-order chi connectivity index (χ0) is 23.1. The lowest BCUT2D eigenvalue weighted by atomic mass is 10.0. The SMILES string of the molecule is CCN(CC)C(CNCC(=O)c1cccc(S(=O)(=O)N2CCC(C)CC2)c1)c1ccco1. The van der Waals surface area contributed by atoms with Crippen molar-refractivity contribution >= 4 is 15.8 Å². The van der Waals surface area contributed by atoms with E-state index in [4.69, 9.17) is 4.42 Å². The molecule has 0 spiro atoms. The Morgan fingerprint density at radius 1 is 1.19 bits per heavy atom. The predicted octanol–water partition coefficient (Wildman–Crippen LogP) is 3.56. The van der Waals surface area contributed by atoms with Crippen molar-refractivity contribution in [3.8, 4) is 0 Å². The van der Waals surface area contributed by atoms with E-state index in [-0.39, 0.29) is 23.3 Å². The van der Waals surface area contributed by atoms with Crippen LogP contribution in [0, 0.1) is 5.92 Å². The van der Waals surface area contributed by atoms with Gasteiger partial charge < -0.3 is 9.73 Å². The van der Waals surface area contributed by atoms with Gasteiger partial charge in [-0.3, -0.25) is 9.69 Å². The monoisotopic (exact) mass is 461 g/mol. The van der Waals surface area contributed by atoms with Crippen LogP contribution in [0.5, 0.6) is 0 Å². The minimum Gasteiger partial charge on any atom is -0.468 e. The molecule has 1 aromatic carbocycles. The molecule has 0 bridgehead atoms. The Hall–Kier alpha value is -2.00. The van der Waals surface area contributed by atoms with Crippen LogP contribution in [0.15, 0.2) is 52.0 Å². The largest absolute Gasteiger partial charge is 0.468 e. The average Bonchev–Trinajstić information content (AvgIpc) is 3.33. The van der Waals surface area contributed by atoms with Gasteiger partial charge in [0.15, 0.2) is 5.78 Å². The van der Waals surface area contributed by atoms with Crippen molar-refractivity contribution in [1.29, 1.82) is 0 Å². The molecule has 3 rings (SSSR count). The standard InChI is InChI=1S/C24H35N3O4S/c1-4-26(5-2)22(24-10-7-15-31-24)17-25-18-23(28)20-8-6-9-21(16-20)32(29,30)27-13-11-19(3)12-14-27/h6-10,15-16,19,22,25H,4-5,11-14,17-18H2,1-3H3. The number of likely N-dealkylation sites (N-methyl/N-ethyl adjacent to an activating group) is 1. The van der Waals surface area contributed by atoms with Gasteiger partial charge in [-0.05, 0) is 56.1 Å². The summed E-state index contributed by atoms with van der Waals surface area (Å²) in [7, 11) is -3.58. The maximum absolute atomic E-state index is 13.0. The van der Waals surface area contributed by atoms with Crippen LogP contribution < -0.4 is 5.32 Å². The number of piperidine rings is 1. The van der Waals surface area contributed by atoms with Gasteiger partial charge in [0.05, 0.1) is 23.7 Å². The minimum absolute atomic E-state index is 0.0287. The molecule has 1 N–H and O–H groups in total. The van der Waals surface area contributed by atoms with E-state index in [1.165, 1.54) is 10.4 Å². The molecule has 1 fully saturated rings. The number of carbonyl (C=O) groups excluding carboxylic acids is 1. The van der Waals surface area contributed by atoms with Gasteiger partial charge in [0.2, 0.25) is 10.0 Å². The third-order valence-electron chi connectivity index (χ3n) is 6.28. The molecule has 1 aromatic heterocycles. The summed E-state index contributed by atoms with van der Waals surface area (Å²) in [6.45, 7) is 9.82. The normalized spacial score (nSPS) is 17.0. The minimum atomic E-state index is -3.58. The second-order valence-electron chi connectivity index (χ2n) is 8.42. The van der Waals surface area contributed by atoms with Crippen LogP contribution in [0.2, 0.25) is 0 Å². The van der Waals surface area contributed by atoms with Gasteiger partial charge in [0.1, 0.15) is 5.76 Å². The van der Waals surface area contributed by atoms with Gasteiger partial charge in [0, 0.05) is 25.2 Å². The van der Waals surface area contributed by atoms with Crippen molar-refractivity contribution < 1.29 is 17.6 Å². The van der Waals surface area contributed by atoms with Crippen LogP contribution in [-0.4, -0.2) is 62.7 Å². The first-order valence-electron chi connectivity index (χ1n) is 11.5. The molecule has 1 unspecified atom stereocenters. The van der Waals surface area contributed by atoms with E-state index >= 15 is 0 Å². The molecule has 0 saturated carbocycles. The van der Waals surface area contributed by atoms with Crippen molar-refractivity contribution in [3.63, 3.8) is 0 Å². The fourth-order valence-electron chi connectivity index (χ4n) is 4.18. The fraction of sp³-hybridized carbons (Fsp3) is 0.542. The Kier molecular flexibility index (Phi) is 8.64. The zero-order valence-corrected chi connectivity index (χ0v) is 20.1. The van der Waals surface area contributed by atoms with Crippen molar-refractivity contribution in [2.24, 2.45) is 5.92 Å². The maximum atomic E-state index is 13.0. The van der Waals surface area contributed by atoms with E-state index in [0.717, 1.165) is 31.7 Å². The number of benzene rings is 1. The summed E-state index contributed by atoms with van der Waals surface area (Å²) in [5.41, 5.74) is 0.404. The van der Waals surface area contributed by atoms with Crippen LogP contribution in [0.25, 0.3) is 0 Å². The maximum Gasteiger partial charge on any atom is 0.243 e. The highest BCUT2D eigenvalue weighted by atomic mass is 32.2. The first-order valence-corrected chi connectivity index (χ1v) is 12.9. The number of sulfonamides is 1. The molecule has 176 valence electrons. The van der Waals surface area contributed by atoms with Gasteiger partial charge in [0.25, 0.3) is 0 Å². The van der Waals surface area contributed by atoms with E-state index in [1.54, 1.807) is 24.5 Å². The van der Waals surface area contributed by atoms with E-state index in [2.05, 4.69) is 31.0 Å². The summed E-state index contributed by atoms with van der Waals surface area (Å²) in [6, 6.07) is 10.2. The molecule has 8 heteroatoms. The molecule has 2 aromatic rings. The number of nitrogens with zero attached hydrogens (tertiary/aromatic N) is 2. The van der Waals surface area contributed by atoms with E-state index in [9.17, 15) is 13.2 Å². The van der Waals surface area contributed by atoms with Crippen LogP contribution >= 0.6 is 0 Å². The molecule has 32 heavy (non-hydrogen) atoms. The number of hydrogen-bond acceptors (Lipinski definition) is 6. The molecule has 1 aliphatic heterocycles. The number of hydrogen-bond donors (Lipinski definition) is 1.